The SMILES string of the molecule is CCOc1ccc(S(=O)(=O)N(CC(=O)N(Cc2ccccc2C)[C@@H](C)C(=O)NC(C)(C)C)c2ccc(C)cc2)cc1. The summed E-state index contributed by atoms with van der Waals surface area (Å²) >= 11 is 0. The van der Waals surface area contributed by atoms with Crippen molar-refractivity contribution in [2.75, 3.05) is 17.5 Å². The second-order valence-electron chi connectivity index (χ2n) is 11.1. The van der Waals surface area contributed by atoms with Gasteiger partial charge in [-0.3, -0.25) is 13.9 Å². The van der Waals surface area contributed by atoms with Crippen LogP contribution in [0.1, 0.15) is 51.3 Å². The Morgan fingerprint density at radius 3 is 2.10 bits per heavy atom. The fourth-order valence-electron chi connectivity index (χ4n) is 4.27. The van der Waals surface area contributed by atoms with Crippen molar-refractivity contribution in [2.24, 2.45) is 0 Å². The van der Waals surface area contributed by atoms with Gasteiger partial charge in [0.1, 0.15) is 18.3 Å². The maximum Gasteiger partial charge on any atom is 0.264 e. The molecule has 220 valence electrons. The van der Waals surface area contributed by atoms with Crippen molar-refractivity contribution in [3.63, 3.8) is 0 Å². The van der Waals surface area contributed by atoms with E-state index in [1.807, 2.05) is 65.8 Å². The lowest BCUT2D eigenvalue weighted by atomic mass is 10.1. The van der Waals surface area contributed by atoms with Crippen molar-refractivity contribution in [3.05, 3.63) is 89.5 Å². The molecular weight excluding hydrogens is 538 g/mol. The Morgan fingerprint density at radius 1 is 0.927 bits per heavy atom. The van der Waals surface area contributed by atoms with Crippen molar-refractivity contribution in [1.29, 1.82) is 0 Å². The summed E-state index contributed by atoms with van der Waals surface area (Å²) in [5, 5.41) is 2.94. The lowest BCUT2D eigenvalue weighted by Gasteiger charge is -2.33. The molecule has 0 heterocycles. The Kier molecular flexibility index (Phi) is 10.2. The van der Waals surface area contributed by atoms with Gasteiger partial charge in [0.25, 0.3) is 10.0 Å². The first-order valence-electron chi connectivity index (χ1n) is 13.7. The zero-order chi connectivity index (χ0) is 30.4. The maximum absolute atomic E-state index is 14.1. The van der Waals surface area contributed by atoms with Gasteiger partial charge in [-0.05, 0) is 96.0 Å². The second-order valence-corrected chi connectivity index (χ2v) is 13.0. The van der Waals surface area contributed by atoms with E-state index in [-0.39, 0.29) is 17.3 Å². The molecule has 2 amide bonds. The first-order valence-corrected chi connectivity index (χ1v) is 15.1. The summed E-state index contributed by atoms with van der Waals surface area (Å²) in [5.41, 5.74) is 2.62. The van der Waals surface area contributed by atoms with Crippen molar-refractivity contribution < 1.29 is 22.7 Å². The smallest absolute Gasteiger partial charge is 0.264 e. The Labute approximate surface area is 244 Å². The highest BCUT2D eigenvalue weighted by Gasteiger charge is 2.33. The molecule has 0 aromatic heterocycles. The first-order chi connectivity index (χ1) is 19.2. The standard InChI is InChI=1S/C32H41N3O5S/c1-8-40-28-17-19-29(20-18-28)41(38,39)35(27-15-13-23(2)14-16-27)22-30(36)34(21-26-12-10-9-11-24(26)3)25(4)31(37)33-32(5,6)7/h9-20,25H,8,21-22H2,1-7H3,(H,33,37)/t25-/m0/s1. The molecule has 9 heteroatoms. The largest absolute Gasteiger partial charge is 0.494 e. The van der Waals surface area contributed by atoms with E-state index in [0.29, 0.717) is 18.0 Å². The number of benzene rings is 3. The predicted octanol–water partition coefficient (Wildman–Crippen LogP) is 5.23. The summed E-state index contributed by atoms with van der Waals surface area (Å²) in [5.74, 6) is -0.275. The molecule has 3 rings (SSSR count). The molecule has 0 fully saturated rings. The predicted molar refractivity (Wildman–Crippen MR) is 162 cm³/mol. The highest BCUT2D eigenvalue weighted by atomic mass is 32.2. The van der Waals surface area contributed by atoms with E-state index in [2.05, 4.69) is 5.32 Å². The molecule has 0 spiro atoms. The minimum absolute atomic E-state index is 0.0262. The van der Waals surface area contributed by atoms with Gasteiger partial charge in [0.05, 0.1) is 17.2 Å². The molecule has 41 heavy (non-hydrogen) atoms. The molecular formula is C32H41N3O5S. The van der Waals surface area contributed by atoms with Crippen LogP contribution >= 0.6 is 0 Å². The molecule has 0 aliphatic carbocycles. The van der Waals surface area contributed by atoms with Crippen LogP contribution in [-0.2, 0) is 26.2 Å². The van der Waals surface area contributed by atoms with E-state index >= 15 is 0 Å². The number of nitrogens with zero attached hydrogens (tertiary/aromatic N) is 2. The van der Waals surface area contributed by atoms with Gasteiger partial charge in [-0.15, -0.1) is 0 Å². The molecule has 0 saturated carbocycles. The average molecular weight is 580 g/mol. The van der Waals surface area contributed by atoms with Gasteiger partial charge in [0.2, 0.25) is 11.8 Å². The van der Waals surface area contributed by atoms with Gasteiger partial charge in [0.15, 0.2) is 0 Å². The molecule has 3 aromatic carbocycles. The van der Waals surface area contributed by atoms with Crippen LogP contribution in [0.25, 0.3) is 0 Å². The normalized spacial score (nSPS) is 12.4. The number of hydrogen-bond donors (Lipinski definition) is 1. The zero-order valence-corrected chi connectivity index (χ0v) is 25.8. The summed E-state index contributed by atoms with van der Waals surface area (Å²) in [4.78, 5) is 28.8. The second kappa shape index (κ2) is 13.2. The Hall–Kier alpha value is -3.85. The third-order valence-corrected chi connectivity index (χ3v) is 8.38. The summed E-state index contributed by atoms with van der Waals surface area (Å²) in [7, 11) is -4.15. The van der Waals surface area contributed by atoms with Gasteiger partial charge in [0, 0.05) is 12.1 Å². The third kappa shape index (κ3) is 8.33. The van der Waals surface area contributed by atoms with E-state index in [1.165, 1.54) is 17.0 Å². The van der Waals surface area contributed by atoms with Crippen LogP contribution in [0.4, 0.5) is 5.69 Å². The molecule has 0 aliphatic heterocycles. The minimum atomic E-state index is -4.15. The van der Waals surface area contributed by atoms with E-state index < -0.39 is 34.1 Å². The number of hydrogen-bond acceptors (Lipinski definition) is 5. The Bertz CT molecular complexity index is 1450. The molecule has 0 saturated heterocycles. The van der Waals surface area contributed by atoms with Crippen LogP contribution in [0.2, 0.25) is 0 Å². The van der Waals surface area contributed by atoms with Crippen molar-refractivity contribution in [2.45, 2.75) is 71.5 Å². The van der Waals surface area contributed by atoms with Gasteiger partial charge >= 0.3 is 0 Å². The van der Waals surface area contributed by atoms with Crippen molar-refractivity contribution in [1.82, 2.24) is 10.2 Å². The fraction of sp³-hybridized carbons (Fsp3) is 0.375. The van der Waals surface area contributed by atoms with Crippen LogP contribution < -0.4 is 14.4 Å². The van der Waals surface area contributed by atoms with E-state index in [4.69, 9.17) is 4.74 Å². The van der Waals surface area contributed by atoms with Crippen LogP contribution in [0.15, 0.2) is 77.7 Å². The number of carbonyl (C=O) groups is 2. The average Bonchev–Trinajstić information content (AvgIpc) is 2.91. The first kappa shape index (κ1) is 31.7. The summed E-state index contributed by atoms with van der Waals surface area (Å²) < 4.78 is 34.5. The van der Waals surface area contributed by atoms with Gasteiger partial charge in [-0.2, -0.15) is 0 Å². The molecule has 1 N–H and O–H groups in total. The molecule has 3 aromatic rings. The molecule has 0 aliphatic rings. The van der Waals surface area contributed by atoms with E-state index in [1.54, 1.807) is 43.3 Å². The van der Waals surface area contributed by atoms with Gasteiger partial charge < -0.3 is 15.0 Å². The maximum atomic E-state index is 14.1. The summed E-state index contributed by atoms with van der Waals surface area (Å²) in [6, 6.07) is 19.8. The highest BCUT2D eigenvalue weighted by molar-refractivity contribution is 7.92. The quantitative estimate of drug-likeness (QED) is 0.336. The van der Waals surface area contributed by atoms with Gasteiger partial charge in [-0.1, -0.05) is 42.0 Å². The van der Waals surface area contributed by atoms with E-state index in [0.717, 1.165) is 21.0 Å². The molecule has 8 nitrogen and oxygen atoms in total. The van der Waals surface area contributed by atoms with E-state index in [9.17, 15) is 18.0 Å². The Balaban J connectivity index is 2.04. The van der Waals surface area contributed by atoms with Crippen LogP contribution in [0.3, 0.4) is 0 Å². The molecule has 0 unspecified atom stereocenters. The molecule has 0 radical (unpaired) electrons. The number of ether oxygens (including phenoxy) is 1. The zero-order valence-electron chi connectivity index (χ0n) is 25.0. The number of aryl methyl sites for hydroxylation is 2. The molecule has 0 bridgehead atoms. The summed E-state index contributed by atoms with van der Waals surface area (Å²) in [6.45, 7) is 13.1. The number of amides is 2. The Morgan fingerprint density at radius 2 is 1.54 bits per heavy atom. The van der Waals surface area contributed by atoms with Crippen molar-refractivity contribution >= 4 is 27.5 Å². The monoisotopic (exact) mass is 579 g/mol. The number of carbonyl (C=O) groups excluding carboxylic acids is 2. The number of sulfonamides is 1. The number of nitrogens with one attached hydrogen (secondary N) is 1. The van der Waals surface area contributed by atoms with Crippen LogP contribution in [0.5, 0.6) is 5.75 Å². The lowest BCUT2D eigenvalue weighted by Crippen LogP contribution is -2.54. The van der Waals surface area contributed by atoms with Crippen LogP contribution in [0, 0.1) is 13.8 Å². The topological polar surface area (TPSA) is 96.0 Å². The third-order valence-electron chi connectivity index (χ3n) is 6.59. The fourth-order valence-corrected chi connectivity index (χ4v) is 5.68. The van der Waals surface area contributed by atoms with Crippen LogP contribution in [-0.4, -0.2) is 49.9 Å². The number of rotatable bonds is 11. The van der Waals surface area contributed by atoms with Gasteiger partial charge in [-0.25, -0.2) is 8.42 Å². The highest BCUT2D eigenvalue weighted by Crippen LogP contribution is 2.26. The lowest BCUT2D eigenvalue weighted by molar-refractivity contribution is -0.140. The molecule has 1 atom stereocenters. The summed E-state index contributed by atoms with van der Waals surface area (Å²) in [6.07, 6.45) is 0. The van der Waals surface area contributed by atoms with Crippen molar-refractivity contribution in [3.8, 4) is 5.75 Å². The minimum Gasteiger partial charge on any atom is -0.494 e. The number of anilines is 1.